The minimum atomic E-state index is -0.410. The molecule has 0 saturated carbocycles. The van der Waals surface area contributed by atoms with Crippen LogP contribution in [0.25, 0.3) is 11.0 Å². The predicted molar refractivity (Wildman–Crippen MR) is 93.8 cm³/mol. The van der Waals surface area contributed by atoms with Gasteiger partial charge in [0.1, 0.15) is 11.3 Å². The number of nitrogens with one attached hydrogen (secondary N) is 2. The van der Waals surface area contributed by atoms with Crippen molar-refractivity contribution in [1.29, 1.82) is 0 Å². The Bertz CT molecular complexity index is 762. The highest BCUT2D eigenvalue weighted by atomic mass is 35.5. The number of hydrogen-bond donors (Lipinski definition) is 2. The molecule has 1 aliphatic rings. The number of rotatable bonds is 4. The number of piperidine rings is 1. The van der Waals surface area contributed by atoms with Crippen LogP contribution in [0.2, 0.25) is 0 Å². The molecule has 0 radical (unpaired) electrons. The standard InChI is InChI=1S/C17H20N2O4.ClH/c1-11-9-18-7-6-14(11)19-16(20)10-22-13-4-2-12-3-5-17(21)23-15(12)8-13;/h2-5,8,11,14,18H,6-7,9-10H2,1H3,(H,19,20);1H. The molecule has 130 valence electrons. The quantitative estimate of drug-likeness (QED) is 0.819. The zero-order valence-corrected chi connectivity index (χ0v) is 14.2. The van der Waals surface area contributed by atoms with Crippen LogP contribution in [-0.2, 0) is 4.79 Å². The molecule has 1 fully saturated rings. The lowest BCUT2D eigenvalue weighted by Crippen LogP contribution is -2.49. The first kappa shape index (κ1) is 18.3. The van der Waals surface area contributed by atoms with Crippen LogP contribution in [0.4, 0.5) is 0 Å². The molecule has 7 heteroatoms. The fourth-order valence-corrected chi connectivity index (χ4v) is 2.76. The number of halogens is 1. The van der Waals surface area contributed by atoms with Crippen LogP contribution in [0.1, 0.15) is 13.3 Å². The van der Waals surface area contributed by atoms with Gasteiger partial charge in [-0.25, -0.2) is 4.79 Å². The van der Waals surface area contributed by atoms with Crippen LogP contribution in [0.5, 0.6) is 5.75 Å². The minimum Gasteiger partial charge on any atom is -0.484 e. The molecule has 1 aliphatic heterocycles. The van der Waals surface area contributed by atoms with Gasteiger partial charge in [-0.15, -0.1) is 12.4 Å². The van der Waals surface area contributed by atoms with E-state index in [1.807, 2.05) is 0 Å². The van der Waals surface area contributed by atoms with Crippen LogP contribution in [0.3, 0.4) is 0 Å². The molecule has 1 saturated heterocycles. The van der Waals surface area contributed by atoms with E-state index in [-0.39, 0.29) is 31.0 Å². The maximum absolute atomic E-state index is 12.0. The molecular formula is C17H21ClN2O4. The topological polar surface area (TPSA) is 80.6 Å². The van der Waals surface area contributed by atoms with E-state index in [1.54, 1.807) is 24.3 Å². The average molecular weight is 353 g/mol. The fraction of sp³-hybridized carbons (Fsp3) is 0.412. The van der Waals surface area contributed by atoms with Crippen molar-refractivity contribution in [3.8, 4) is 5.75 Å². The Morgan fingerprint density at radius 3 is 2.96 bits per heavy atom. The van der Waals surface area contributed by atoms with Crippen molar-refractivity contribution in [1.82, 2.24) is 10.6 Å². The smallest absolute Gasteiger partial charge is 0.336 e. The van der Waals surface area contributed by atoms with Gasteiger partial charge in [0.05, 0.1) is 0 Å². The molecule has 1 amide bonds. The monoisotopic (exact) mass is 352 g/mol. The highest BCUT2D eigenvalue weighted by molar-refractivity contribution is 5.85. The largest absolute Gasteiger partial charge is 0.484 e. The van der Waals surface area contributed by atoms with Crippen LogP contribution in [-0.4, -0.2) is 31.6 Å². The van der Waals surface area contributed by atoms with Crippen LogP contribution < -0.4 is 21.0 Å². The van der Waals surface area contributed by atoms with Gasteiger partial charge in [0.2, 0.25) is 0 Å². The van der Waals surface area contributed by atoms with Gasteiger partial charge in [-0.1, -0.05) is 6.92 Å². The van der Waals surface area contributed by atoms with E-state index in [1.165, 1.54) is 6.07 Å². The molecule has 24 heavy (non-hydrogen) atoms. The summed E-state index contributed by atoms with van der Waals surface area (Å²) in [5.74, 6) is 0.765. The second-order valence-corrected chi connectivity index (χ2v) is 5.89. The van der Waals surface area contributed by atoms with Crippen molar-refractivity contribution in [2.45, 2.75) is 19.4 Å². The molecule has 6 nitrogen and oxygen atoms in total. The Morgan fingerprint density at radius 1 is 1.38 bits per heavy atom. The zero-order chi connectivity index (χ0) is 16.2. The van der Waals surface area contributed by atoms with E-state index in [0.717, 1.165) is 24.9 Å². The number of amides is 1. The Labute approximate surface area is 146 Å². The molecule has 1 aromatic carbocycles. The maximum Gasteiger partial charge on any atom is 0.336 e. The third-order valence-corrected chi connectivity index (χ3v) is 4.10. The lowest BCUT2D eigenvalue weighted by atomic mass is 9.95. The van der Waals surface area contributed by atoms with Gasteiger partial charge in [0.15, 0.2) is 6.61 Å². The summed E-state index contributed by atoms with van der Waals surface area (Å²) in [4.78, 5) is 23.3. The molecule has 0 bridgehead atoms. The molecule has 2 heterocycles. The average Bonchev–Trinajstić information content (AvgIpc) is 2.54. The van der Waals surface area contributed by atoms with Gasteiger partial charge in [-0.2, -0.15) is 0 Å². The van der Waals surface area contributed by atoms with Crippen LogP contribution in [0, 0.1) is 5.92 Å². The van der Waals surface area contributed by atoms with E-state index >= 15 is 0 Å². The van der Waals surface area contributed by atoms with E-state index in [4.69, 9.17) is 9.15 Å². The Kier molecular flexibility index (Phi) is 6.23. The molecule has 2 aromatic rings. The van der Waals surface area contributed by atoms with Gasteiger partial charge in [0.25, 0.3) is 5.91 Å². The Hall–Kier alpha value is -2.05. The van der Waals surface area contributed by atoms with Crippen molar-refractivity contribution in [3.05, 3.63) is 40.8 Å². The SMILES string of the molecule is CC1CNCCC1NC(=O)COc1ccc2ccc(=O)oc2c1.Cl. The van der Waals surface area contributed by atoms with E-state index in [2.05, 4.69) is 17.6 Å². The van der Waals surface area contributed by atoms with Crippen molar-refractivity contribution < 1.29 is 13.9 Å². The Balaban J connectivity index is 0.00000208. The summed E-state index contributed by atoms with van der Waals surface area (Å²) >= 11 is 0. The van der Waals surface area contributed by atoms with Gasteiger partial charge in [-0.05, 0) is 43.6 Å². The highest BCUT2D eigenvalue weighted by Crippen LogP contribution is 2.19. The van der Waals surface area contributed by atoms with Crippen LogP contribution in [0.15, 0.2) is 39.5 Å². The van der Waals surface area contributed by atoms with Gasteiger partial charge in [-0.3, -0.25) is 4.79 Å². The molecule has 2 unspecified atom stereocenters. The molecule has 0 aliphatic carbocycles. The van der Waals surface area contributed by atoms with Crippen molar-refractivity contribution in [2.24, 2.45) is 5.92 Å². The molecule has 1 aromatic heterocycles. The van der Waals surface area contributed by atoms with Gasteiger partial charge < -0.3 is 19.8 Å². The van der Waals surface area contributed by atoms with E-state index in [9.17, 15) is 9.59 Å². The summed E-state index contributed by atoms with van der Waals surface area (Å²) in [5.41, 5.74) is 0.0367. The number of fused-ring (bicyclic) bond motifs is 1. The van der Waals surface area contributed by atoms with Crippen molar-refractivity contribution in [3.63, 3.8) is 0 Å². The summed E-state index contributed by atoms with van der Waals surface area (Å²) in [6.45, 7) is 3.89. The summed E-state index contributed by atoms with van der Waals surface area (Å²) in [6, 6.07) is 8.41. The first-order valence-electron chi connectivity index (χ1n) is 7.78. The molecule has 2 N–H and O–H groups in total. The second-order valence-electron chi connectivity index (χ2n) is 5.89. The Morgan fingerprint density at radius 2 is 2.17 bits per heavy atom. The first-order valence-corrected chi connectivity index (χ1v) is 7.78. The zero-order valence-electron chi connectivity index (χ0n) is 13.4. The first-order chi connectivity index (χ1) is 11.1. The van der Waals surface area contributed by atoms with Gasteiger partial charge in [0, 0.05) is 23.6 Å². The number of benzene rings is 1. The molecule has 0 spiro atoms. The number of hydrogen-bond acceptors (Lipinski definition) is 5. The summed E-state index contributed by atoms with van der Waals surface area (Å²) in [7, 11) is 0. The third-order valence-electron chi connectivity index (χ3n) is 4.10. The molecule has 3 rings (SSSR count). The summed E-state index contributed by atoms with van der Waals surface area (Å²) in [5, 5.41) is 7.12. The maximum atomic E-state index is 12.0. The number of ether oxygens (including phenoxy) is 1. The predicted octanol–water partition coefficient (Wildman–Crippen LogP) is 1.71. The molecular weight excluding hydrogens is 332 g/mol. The third kappa shape index (κ3) is 4.49. The lowest BCUT2D eigenvalue weighted by Gasteiger charge is -2.30. The second kappa shape index (κ2) is 8.17. The van der Waals surface area contributed by atoms with Crippen molar-refractivity contribution in [2.75, 3.05) is 19.7 Å². The van der Waals surface area contributed by atoms with Crippen LogP contribution >= 0.6 is 12.4 Å². The summed E-state index contributed by atoms with van der Waals surface area (Å²) in [6.07, 6.45) is 0.925. The minimum absolute atomic E-state index is 0. The number of carbonyl (C=O) groups is 1. The number of carbonyl (C=O) groups excluding carboxylic acids is 1. The normalized spacial score (nSPS) is 20.2. The molecule has 2 atom stereocenters. The fourth-order valence-electron chi connectivity index (χ4n) is 2.76. The highest BCUT2D eigenvalue weighted by Gasteiger charge is 2.22. The van der Waals surface area contributed by atoms with E-state index < -0.39 is 5.63 Å². The van der Waals surface area contributed by atoms with Crippen molar-refractivity contribution >= 4 is 29.3 Å². The summed E-state index contributed by atoms with van der Waals surface area (Å²) < 4.78 is 10.6. The lowest BCUT2D eigenvalue weighted by molar-refractivity contribution is -0.124. The van der Waals surface area contributed by atoms with E-state index in [0.29, 0.717) is 17.3 Å². The van der Waals surface area contributed by atoms with Gasteiger partial charge >= 0.3 is 5.63 Å².